The Morgan fingerprint density at radius 1 is 1.17 bits per heavy atom. The highest BCUT2D eigenvalue weighted by atomic mass is 16.4. The van der Waals surface area contributed by atoms with Gasteiger partial charge in [-0.05, 0) is 30.0 Å². The van der Waals surface area contributed by atoms with Crippen LogP contribution in [-0.4, -0.2) is 28.3 Å². The molecule has 1 unspecified atom stereocenters. The molecule has 0 spiro atoms. The molecule has 1 aromatic carbocycles. The Kier molecular flexibility index (Phi) is 4.02. The van der Waals surface area contributed by atoms with Gasteiger partial charge in [0.15, 0.2) is 5.60 Å². The Morgan fingerprint density at radius 2 is 1.67 bits per heavy atom. The highest BCUT2D eigenvalue weighted by Gasteiger charge is 2.29. The van der Waals surface area contributed by atoms with Gasteiger partial charge in [0, 0.05) is 5.69 Å². The lowest BCUT2D eigenvalue weighted by molar-refractivity contribution is -0.155. The van der Waals surface area contributed by atoms with Crippen LogP contribution in [0.3, 0.4) is 0 Å². The van der Waals surface area contributed by atoms with Gasteiger partial charge in [-0.15, -0.1) is 0 Å². The fraction of sp³-hybridized carbons (Fsp3) is 0.500. The van der Waals surface area contributed by atoms with Gasteiger partial charge in [-0.2, -0.15) is 0 Å². The molecule has 1 atom stereocenters. The summed E-state index contributed by atoms with van der Waals surface area (Å²) in [5.41, 5.74) is 0.330. The topological polar surface area (TPSA) is 69.6 Å². The molecule has 18 heavy (non-hydrogen) atoms. The average Bonchev–Trinajstić information content (AvgIpc) is 2.25. The van der Waals surface area contributed by atoms with E-state index in [0.29, 0.717) is 0 Å². The minimum absolute atomic E-state index is 0.0306. The first-order valence-corrected chi connectivity index (χ1v) is 5.93. The normalized spacial score (nSPS) is 14.9. The summed E-state index contributed by atoms with van der Waals surface area (Å²) in [6, 6.07) is 7.77. The van der Waals surface area contributed by atoms with Crippen LogP contribution in [0.25, 0.3) is 0 Å². The number of carboxylic acids is 1. The minimum Gasteiger partial charge on any atom is -0.479 e. The Morgan fingerprint density at radius 3 is 2.06 bits per heavy atom. The van der Waals surface area contributed by atoms with Crippen molar-refractivity contribution >= 4 is 11.7 Å². The quantitative estimate of drug-likeness (QED) is 0.767. The number of carboxylic acid groups (broad SMARTS) is 1. The third-order valence-corrected chi connectivity index (χ3v) is 2.85. The van der Waals surface area contributed by atoms with Crippen molar-refractivity contribution in [3.05, 3.63) is 29.8 Å². The second-order valence-corrected chi connectivity index (χ2v) is 5.76. The van der Waals surface area contributed by atoms with Gasteiger partial charge in [0.2, 0.25) is 0 Å². The van der Waals surface area contributed by atoms with Crippen molar-refractivity contribution < 1.29 is 15.0 Å². The van der Waals surface area contributed by atoms with Crippen molar-refractivity contribution in [3.8, 4) is 0 Å². The Bertz CT molecular complexity index is 416. The number of aliphatic carboxylic acids is 1. The predicted octanol–water partition coefficient (Wildman–Crippen LogP) is 2.23. The molecule has 0 saturated heterocycles. The zero-order valence-electron chi connectivity index (χ0n) is 11.3. The van der Waals surface area contributed by atoms with Gasteiger partial charge >= 0.3 is 5.97 Å². The van der Waals surface area contributed by atoms with E-state index in [-0.39, 0.29) is 12.0 Å². The first-order chi connectivity index (χ1) is 8.13. The van der Waals surface area contributed by atoms with Crippen LogP contribution in [-0.2, 0) is 10.2 Å². The maximum absolute atomic E-state index is 10.7. The second-order valence-electron chi connectivity index (χ2n) is 5.76. The zero-order valence-corrected chi connectivity index (χ0v) is 11.3. The summed E-state index contributed by atoms with van der Waals surface area (Å²) in [5, 5.41) is 21.3. The molecule has 0 aliphatic carbocycles. The fourth-order valence-corrected chi connectivity index (χ4v) is 1.44. The average molecular weight is 251 g/mol. The molecule has 1 aromatic rings. The Hall–Kier alpha value is -1.55. The number of benzene rings is 1. The van der Waals surface area contributed by atoms with E-state index in [4.69, 9.17) is 5.11 Å². The molecule has 3 N–H and O–H groups in total. The van der Waals surface area contributed by atoms with Crippen molar-refractivity contribution in [2.45, 2.75) is 38.7 Å². The molecule has 0 aromatic heterocycles. The summed E-state index contributed by atoms with van der Waals surface area (Å²) in [5.74, 6) is -1.23. The van der Waals surface area contributed by atoms with E-state index in [1.54, 1.807) is 0 Å². The van der Waals surface area contributed by atoms with Gasteiger partial charge in [0.25, 0.3) is 0 Å². The van der Waals surface area contributed by atoms with E-state index in [2.05, 4.69) is 26.1 Å². The molecule has 4 nitrogen and oxygen atoms in total. The van der Waals surface area contributed by atoms with E-state index in [0.717, 1.165) is 5.69 Å². The number of anilines is 1. The Labute approximate surface area is 108 Å². The SMILES string of the molecule is CC(O)(CNc1ccc(C(C)(C)C)cc1)C(=O)O. The second kappa shape index (κ2) is 4.98. The molecule has 0 fully saturated rings. The van der Waals surface area contributed by atoms with Crippen molar-refractivity contribution in [1.29, 1.82) is 0 Å². The molecule has 0 bridgehead atoms. The zero-order chi connectivity index (χ0) is 14.0. The van der Waals surface area contributed by atoms with Gasteiger partial charge in [-0.1, -0.05) is 32.9 Å². The van der Waals surface area contributed by atoms with Crippen molar-refractivity contribution in [2.75, 3.05) is 11.9 Å². The minimum atomic E-state index is -1.76. The lowest BCUT2D eigenvalue weighted by Gasteiger charge is -2.21. The Balaban J connectivity index is 2.68. The molecule has 100 valence electrons. The summed E-state index contributed by atoms with van der Waals surface area (Å²) in [6.07, 6.45) is 0. The smallest absolute Gasteiger partial charge is 0.337 e. The lowest BCUT2D eigenvalue weighted by atomic mass is 9.87. The molecule has 1 rings (SSSR count). The molecule has 0 radical (unpaired) electrons. The summed E-state index contributed by atoms with van der Waals surface area (Å²) in [4.78, 5) is 10.7. The van der Waals surface area contributed by atoms with Crippen LogP contribution in [0.15, 0.2) is 24.3 Å². The van der Waals surface area contributed by atoms with Crippen LogP contribution in [0.2, 0.25) is 0 Å². The van der Waals surface area contributed by atoms with Crippen LogP contribution < -0.4 is 5.32 Å². The van der Waals surface area contributed by atoms with Crippen LogP contribution in [0.5, 0.6) is 0 Å². The molecule has 0 aliphatic heterocycles. The molecule has 0 aliphatic rings. The lowest BCUT2D eigenvalue weighted by Crippen LogP contribution is -2.41. The molecular formula is C14H21NO3. The number of rotatable bonds is 4. The maximum atomic E-state index is 10.7. The van der Waals surface area contributed by atoms with Crippen LogP contribution >= 0.6 is 0 Å². The monoisotopic (exact) mass is 251 g/mol. The summed E-state index contributed by atoms with van der Waals surface area (Å²) in [7, 11) is 0. The van der Waals surface area contributed by atoms with Gasteiger partial charge in [0.1, 0.15) is 0 Å². The first kappa shape index (κ1) is 14.5. The van der Waals surface area contributed by atoms with Crippen LogP contribution in [0.4, 0.5) is 5.69 Å². The van der Waals surface area contributed by atoms with Crippen molar-refractivity contribution in [3.63, 3.8) is 0 Å². The van der Waals surface area contributed by atoms with E-state index < -0.39 is 11.6 Å². The highest BCUT2D eigenvalue weighted by molar-refractivity contribution is 5.77. The van der Waals surface area contributed by atoms with E-state index in [1.807, 2.05) is 24.3 Å². The summed E-state index contributed by atoms with van der Waals surface area (Å²) >= 11 is 0. The first-order valence-electron chi connectivity index (χ1n) is 5.93. The van der Waals surface area contributed by atoms with E-state index in [9.17, 15) is 9.90 Å². The number of hydrogen-bond donors (Lipinski definition) is 3. The van der Waals surface area contributed by atoms with Gasteiger partial charge in [-0.25, -0.2) is 4.79 Å². The van der Waals surface area contributed by atoms with E-state index in [1.165, 1.54) is 12.5 Å². The number of hydrogen-bond acceptors (Lipinski definition) is 3. The largest absolute Gasteiger partial charge is 0.479 e. The van der Waals surface area contributed by atoms with Crippen molar-refractivity contribution in [1.82, 2.24) is 0 Å². The van der Waals surface area contributed by atoms with Crippen molar-refractivity contribution in [2.24, 2.45) is 0 Å². The molecular weight excluding hydrogens is 230 g/mol. The third kappa shape index (κ3) is 3.74. The number of nitrogens with one attached hydrogen (secondary N) is 1. The number of aliphatic hydroxyl groups is 1. The van der Waals surface area contributed by atoms with Gasteiger partial charge < -0.3 is 15.5 Å². The maximum Gasteiger partial charge on any atom is 0.337 e. The summed E-state index contributed by atoms with van der Waals surface area (Å²) < 4.78 is 0. The van der Waals surface area contributed by atoms with Gasteiger partial charge in [-0.3, -0.25) is 0 Å². The molecule has 0 saturated carbocycles. The molecule has 0 heterocycles. The standard InChI is InChI=1S/C14H21NO3/c1-13(2,3)10-5-7-11(8-6-10)15-9-14(4,18)12(16)17/h5-8,15,18H,9H2,1-4H3,(H,16,17). The fourth-order valence-electron chi connectivity index (χ4n) is 1.44. The van der Waals surface area contributed by atoms with Crippen LogP contribution in [0.1, 0.15) is 33.3 Å². The number of carbonyl (C=O) groups is 1. The molecule has 0 amide bonds. The molecule has 4 heteroatoms. The highest BCUT2D eigenvalue weighted by Crippen LogP contribution is 2.23. The van der Waals surface area contributed by atoms with Gasteiger partial charge in [0.05, 0.1) is 6.54 Å². The third-order valence-electron chi connectivity index (χ3n) is 2.85. The van der Waals surface area contributed by atoms with E-state index >= 15 is 0 Å². The van der Waals surface area contributed by atoms with Crippen LogP contribution in [0, 0.1) is 0 Å². The summed E-state index contributed by atoms with van der Waals surface area (Å²) in [6.45, 7) is 7.63. The predicted molar refractivity (Wildman–Crippen MR) is 71.9 cm³/mol.